The predicted octanol–water partition coefficient (Wildman–Crippen LogP) is 3.04. The van der Waals surface area contributed by atoms with Crippen LogP contribution in [0.4, 0.5) is 0 Å². The van der Waals surface area contributed by atoms with E-state index in [-0.39, 0.29) is 0 Å². The van der Waals surface area contributed by atoms with Crippen molar-refractivity contribution >= 4 is 0 Å². The minimum Gasteiger partial charge on any atom is -0.396 e. The Morgan fingerprint density at radius 3 is 2.44 bits per heavy atom. The van der Waals surface area contributed by atoms with E-state index in [4.69, 9.17) is 5.11 Å². The molecule has 1 nitrogen and oxygen atoms in total. The van der Waals surface area contributed by atoms with Gasteiger partial charge in [0.15, 0.2) is 0 Å². The molecule has 16 heavy (non-hydrogen) atoms. The topological polar surface area (TPSA) is 20.2 Å². The fraction of sp³-hybridized carbons (Fsp3) is 0.600. The van der Waals surface area contributed by atoms with Crippen molar-refractivity contribution in [1.82, 2.24) is 0 Å². The predicted molar refractivity (Wildman–Crippen MR) is 67.8 cm³/mol. The van der Waals surface area contributed by atoms with Gasteiger partial charge < -0.3 is 5.11 Å². The average molecular weight is 218 g/mol. The molecule has 1 heteroatoms. The van der Waals surface area contributed by atoms with Crippen LogP contribution in [0.15, 0.2) is 12.1 Å². The third kappa shape index (κ3) is 2.30. The zero-order valence-corrected chi connectivity index (χ0v) is 10.6. The van der Waals surface area contributed by atoms with Gasteiger partial charge in [-0.25, -0.2) is 0 Å². The Hall–Kier alpha value is -0.820. The summed E-state index contributed by atoms with van der Waals surface area (Å²) >= 11 is 0. The first-order valence-corrected chi connectivity index (χ1v) is 6.24. The van der Waals surface area contributed by atoms with E-state index in [1.807, 2.05) is 0 Å². The van der Waals surface area contributed by atoms with E-state index < -0.39 is 0 Å². The van der Waals surface area contributed by atoms with Gasteiger partial charge in [0.25, 0.3) is 0 Å². The first-order chi connectivity index (χ1) is 7.52. The Bertz CT molecular complexity index is 391. The van der Waals surface area contributed by atoms with Gasteiger partial charge in [0.2, 0.25) is 0 Å². The van der Waals surface area contributed by atoms with Crippen molar-refractivity contribution < 1.29 is 5.11 Å². The molecule has 0 aliphatic heterocycles. The van der Waals surface area contributed by atoms with Crippen molar-refractivity contribution in [1.29, 1.82) is 0 Å². The molecule has 0 unspecified atom stereocenters. The lowest BCUT2D eigenvalue weighted by Crippen LogP contribution is -2.09. The maximum atomic E-state index is 8.89. The normalized spacial score (nSPS) is 17.5. The molecular formula is C15H22O. The maximum Gasteiger partial charge on any atom is 0.0434 e. The highest BCUT2D eigenvalue weighted by molar-refractivity contribution is 5.42. The first-order valence-electron chi connectivity index (χ1n) is 6.24. The Morgan fingerprint density at radius 2 is 1.81 bits per heavy atom. The highest BCUT2D eigenvalue weighted by atomic mass is 16.2. The summed E-state index contributed by atoms with van der Waals surface area (Å²) in [5.74, 6) is 0. The van der Waals surface area contributed by atoms with Crippen LogP contribution in [0.1, 0.15) is 42.5 Å². The SMILES string of the molecule is Cc1cc2c(cc1CCCO)CC(C)(C)C2. The Kier molecular flexibility index (Phi) is 3.07. The molecular weight excluding hydrogens is 196 g/mol. The van der Waals surface area contributed by atoms with E-state index >= 15 is 0 Å². The van der Waals surface area contributed by atoms with E-state index in [1.165, 1.54) is 35.1 Å². The molecule has 0 aromatic heterocycles. The summed E-state index contributed by atoms with van der Waals surface area (Å²) in [7, 11) is 0. The van der Waals surface area contributed by atoms with Crippen LogP contribution in [0.5, 0.6) is 0 Å². The molecule has 0 fully saturated rings. The lowest BCUT2D eigenvalue weighted by molar-refractivity contribution is 0.288. The highest BCUT2D eigenvalue weighted by Crippen LogP contribution is 2.37. The van der Waals surface area contributed by atoms with Crippen molar-refractivity contribution in [2.24, 2.45) is 5.41 Å². The number of aliphatic hydroxyl groups excluding tert-OH is 1. The lowest BCUT2D eigenvalue weighted by atomic mass is 9.90. The number of aliphatic hydroxyl groups is 1. The molecule has 1 aliphatic rings. The molecule has 0 amide bonds. The van der Waals surface area contributed by atoms with Crippen molar-refractivity contribution in [3.63, 3.8) is 0 Å². The van der Waals surface area contributed by atoms with Gasteiger partial charge in [-0.2, -0.15) is 0 Å². The Morgan fingerprint density at radius 1 is 1.19 bits per heavy atom. The maximum absolute atomic E-state index is 8.89. The number of rotatable bonds is 3. The van der Waals surface area contributed by atoms with Crippen LogP contribution in [-0.4, -0.2) is 11.7 Å². The minimum atomic E-state index is 0.294. The molecule has 1 aliphatic carbocycles. The summed E-state index contributed by atoms with van der Waals surface area (Å²) in [5, 5.41) is 8.89. The smallest absolute Gasteiger partial charge is 0.0434 e. The van der Waals surface area contributed by atoms with E-state index in [2.05, 4.69) is 32.9 Å². The molecule has 1 aromatic carbocycles. The zero-order chi connectivity index (χ0) is 11.8. The number of aryl methyl sites for hydroxylation is 2. The van der Waals surface area contributed by atoms with Crippen LogP contribution < -0.4 is 0 Å². The molecule has 0 bridgehead atoms. The second-order valence-corrected chi connectivity index (χ2v) is 5.89. The second kappa shape index (κ2) is 4.21. The zero-order valence-electron chi connectivity index (χ0n) is 10.6. The van der Waals surface area contributed by atoms with Gasteiger partial charge in [-0.15, -0.1) is 0 Å². The largest absolute Gasteiger partial charge is 0.396 e. The van der Waals surface area contributed by atoms with Crippen molar-refractivity contribution in [2.45, 2.75) is 46.5 Å². The Labute approximate surface area is 98.5 Å². The summed E-state index contributed by atoms with van der Waals surface area (Å²) in [5.41, 5.74) is 6.32. The third-order valence-corrected chi connectivity index (χ3v) is 3.60. The fourth-order valence-electron chi connectivity index (χ4n) is 2.83. The summed E-state index contributed by atoms with van der Waals surface area (Å²) < 4.78 is 0. The van der Waals surface area contributed by atoms with Crippen LogP contribution in [0.25, 0.3) is 0 Å². The number of fused-ring (bicyclic) bond motifs is 1. The highest BCUT2D eigenvalue weighted by Gasteiger charge is 2.28. The molecule has 0 saturated carbocycles. The van der Waals surface area contributed by atoms with Crippen LogP contribution >= 0.6 is 0 Å². The first kappa shape index (κ1) is 11.7. The quantitative estimate of drug-likeness (QED) is 0.826. The van der Waals surface area contributed by atoms with Crippen LogP contribution in [0.2, 0.25) is 0 Å². The van der Waals surface area contributed by atoms with Crippen LogP contribution in [-0.2, 0) is 19.3 Å². The monoisotopic (exact) mass is 218 g/mol. The molecule has 0 spiro atoms. The van der Waals surface area contributed by atoms with Crippen LogP contribution in [0.3, 0.4) is 0 Å². The fourth-order valence-corrected chi connectivity index (χ4v) is 2.83. The molecule has 88 valence electrons. The van der Waals surface area contributed by atoms with E-state index in [0.29, 0.717) is 12.0 Å². The summed E-state index contributed by atoms with van der Waals surface area (Å²) in [6.45, 7) is 7.17. The van der Waals surface area contributed by atoms with Gasteiger partial charge in [0, 0.05) is 6.61 Å². The van der Waals surface area contributed by atoms with E-state index in [9.17, 15) is 0 Å². The standard InChI is InChI=1S/C15H22O/c1-11-7-13-9-15(2,3)10-14(13)8-12(11)5-4-6-16/h7-8,16H,4-6,9-10H2,1-3H3. The molecule has 0 heterocycles. The third-order valence-electron chi connectivity index (χ3n) is 3.60. The van der Waals surface area contributed by atoms with Crippen molar-refractivity contribution in [3.8, 4) is 0 Å². The summed E-state index contributed by atoms with van der Waals surface area (Å²) in [6, 6.07) is 4.73. The molecule has 0 saturated heterocycles. The number of hydrogen-bond acceptors (Lipinski definition) is 1. The van der Waals surface area contributed by atoms with Crippen molar-refractivity contribution in [3.05, 3.63) is 34.4 Å². The van der Waals surface area contributed by atoms with Crippen molar-refractivity contribution in [2.75, 3.05) is 6.61 Å². The minimum absolute atomic E-state index is 0.294. The molecule has 1 aromatic rings. The number of hydrogen-bond donors (Lipinski definition) is 1. The molecule has 1 N–H and O–H groups in total. The molecule has 0 radical (unpaired) electrons. The van der Waals surface area contributed by atoms with Crippen LogP contribution in [0, 0.1) is 12.3 Å². The van der Waals surface area contributed by atoms with Gasteiger partial charge in [0.1, 0.15) is 0 Å². The van der Waals surface area contributed by atoms with Gasteiger partial charge in [0.05, 0.1) is 0 Å². The van der Waals surface area contributed by atoms with E-state index in [1.54, 1.807) is 0 Å². The van der Waals surface area contributed by atoms with E-state index in [0.717, 1.165) is 12.8 Å². The summed E-state index contributed by atoms with van der Waals surface area (Å²) in [6.07, 6.45) is 4.30. The van der Waals surface area contributed by atoms with Gasteiger partial charge in [-0.05, 0) is 60.3 Å². The molecule has 0 atom stereocenters. The molecule has 2 rings (SSSR count). The number of benzene rings is 1. The second-order valence-electron chi connectivity index (χ2n) is 5.89. The Balaban J connectivity index is 2.26. The van der Waals surface area contributed by atoms with Gasteiger partial charge in [-0.1, -0.05) is 26.0 Å². The lowest BCUT2D eigenvalue weighted by Gasteiger charge is -2.14. The summed E-state index contributed by atoms with van der Waals surface area (Å²) in [4.78, 5) is 0. The van der Waals surface area contributed by atoms with Gasteiger partial charge in [-0.3, -0.25) is 0 Å². The average Bonchev–Trinajstić information content (AvgIpc) is 2.47. The van der Waals surface area contributed by atoms with Gasteiger partial charge >= 0.3 is 0 Å².